The fourth-order valence-corrected chi connectivity index (χ4v) is 2.04. The highest BCUT2D eigenvalue weighted by molar-refractivity contribution is 5.68. The van der Waals surface area contributed by atoms with E-state index in [4.69, 9.17) is 4.74 Å². The van der Waals surface area contributed by atoms with Gasteiger partial charge in [-0.15, -0.1) is 0 Å². The van der Waals surface area contributed by atoms with Crippen molar-refractivity contribution in [2.24, 2.45) is 0 Å². The zero-order valence-corrected chi connectivity index (χ0v) is 10.5. The summed E-state index contributed by atoms with van der Waals surface area (Å²) in [6.07, 6.45) is 5.03. The normalized spacial score (nSPS) is 18.2. The maximum absolute atomic E-state index is 11.8. The van der Waals surface area contributed by atoms with Crippen LogP contribution in [0, 0.1) is 0 Å². The van der Waals surface area contributed by atoms with E-state index in [1.54, 1.807) is 0 Å². The summed E-state index contributed by atoms with van der Waals surface area (Å²) in [5, 5.41) is 9.27. The molecule has 94 valence electrons. The van der Waals surface area contributed by atoms with E-state index in [9.17, 15) is 9.90 Å². The number of hydrogen-bond acceptors (Lipinski definition) is 3. The molecular weight excluding hydrogens is 206 g/mol. The molecule has 4 nitrogen and oxygen atoms in total. The SMILES string of the molecule is CC(C)(C)OC(=O)N(CO)C1CCCCC1. The van der Waals surface area contributed by atoms with Gasteiger partial charge in [-0.3, -0.25) is 4.90 Å². The van der Waals surface area contributed by atoms with Crippen LogP contribution in [0.4, 0.5) is 4.79 Å². The maximum Gasteiger partial charge on any atom is 0.412 e. The van der Waals surface area contributed by atoms with Crippen molar-refractivity contribution in [1.29, 1.82) is 0 Å². The minimum Gasteiger partial charge on any atom is -0.444 e. The number of amides is 1. The summed E-state index contributed by atoms with van der Waals surface area (Å²) < 4.78 is 5.27. The summed E-state index contributed by atoms with van der Waals surface area (Å²) in [7, 11) is 0. The highest BCUT2D eigenvalue weighted by Gasteiger charge is 2.28. The van der Waals surface area contributed by atoms with Crippen molar-refractivity contribution < 1.29 is 14.6 Å². The lowest BCUT2D eigenvalue weighted by atomic mass is 9.95. The van der Waals surface area contributed by atoms with Crippen molar-refractivity contribution in [3.8, 4) is 0 Å². The summed E-state index contributed by atoms with van der Waals surface area (Å²) >= 11 is 0. The van der Waals surface area contributed by atoms with Crippen LogP contribution in [-0.4, -0.2) is 34.5 Å². The van der Waals surface area contributed by atoms with Crippen molar-refractivity contribution in [3.05, 3.63) is 0 Å². The predicted molar refractivity (Wildman–Crippen MR) is 62.0 cm³/mol. The highest BCUT2D eigenvalue weighted by atomic mass is 16.6. The molecule has 16 heavy (non-hydrogen) atoms. The van der Waals surface area contributed by atoms with Crippen molar-refractivity contribution >= 4 is 6.09 Å². The zero-order chi connectivity index (χ0) is 12.2. The zero-order valence-electron chi connectivity index (χ0n) is 10.5. The number of ether oxygens (including phenoxy) is 1. The van der Waals surface area contributed by atoms with Gasteiger partial charge in [0.15, 0.2) is 0 Å². The van der Waals surface area contributed by atoms with Gasteiger partial charge in [0.05, 0.1) is 0 Å². The molecule has 0 spiro atoms. The quantitative estimate of drug-likeness (QED) is 0.740. The Balaban J connectivity index is 2.55. The Morgan fingerprint density at radius 1 is 1.31 bits per heavy atom. The van der Waals surface area contributed by atoms with E-state index in [0.717, 1.165) is 25.7 Å². The second-order valence-corrected chi connectivity index (χ2v) is 5.38. The molecule has 0 bridgehead atoms. The lowest BCUT2D eigenvalue weighted by Gasteiger charge is -2.34. The number of rotatable bonds is 2. The van der Waals surface area contributed by atoms with Gasteiger partial charge in [0, 0.05) is 6.04 Å². The Kier molecular flexibility index (Phi) is 4.59. The van der Waals surface area contributed by atoms with Crippen LogP contribution in [-0.2, 0) is 4.74 Å². The smallest absolute Gasteiger partial charge is 0.412 e. The van der Waals surface area contributed by atoms with E-state index in [1.807, 2.05) is 20.8 Å². The van der Waals surface area contributed by atoms with Gasteiger partial charge in [-0.25, -0.2) is 4.79 Å². The molecule has 4 heteroatoms. The number of carbonyl (C=O) groups is 1. The van der Waals surface area contributed by atoms with Gasteiger partial charge in [0.1, 0.15) is 12.3 Å². The minimum atomic E-state index is -0.501. The number of aliphatic hydroxyl groups is 1. The second kappa shape index (κ2) is 5.53. The molecule has 0 heterocycles. The summed E-state index contributed by atoms with van der Waals surface area (Å²) in [6, 6.07) is 0.147. The lowest BCUT2D eigenvalue weighted by Crippen LogP contribution is -2.44. The molecule has 0 aliphatic heterocycles. The third-order valence-corrected chi connectivity index (χ3v) is 2.80. The molecule has 0 aromatic rings. The van der Waals surface area contributed by atoms with Gasteiger partial charge in [0.2, 0.25) is 0 Å². The molecule has 0 aromatic carbocycles. The van der Waals surface area contributed by atoms with Gasteiger partial charge >= 0.3 is 6.09 Å². The minimum absolute atomic E-state index is 0.147. The number of hydrogen-bond donors (Lipinski definition) is 1. The fourth-order valence-electron chi connectivity index (χ4n) is 2.04. The average molecular weight is 229 g/mol. The monoisotopic (exact) mass is 229 g/mol. The first-order valence-electron chi connectivity index (χ1n) is 6.04. The van der Waals surface area contributed by atoms with Crippen LogP contribution in [0.3, 0.4) is 0 Å². The first kappa shape index (κ1) is 13.3. The first-order chi connectivity index (χ1) is 7.44. The molecule has 1 saturated carbocycles. The molecular formula is C12H23NO3. The van der Waals surface area contributed by atoms with Crippen LogP contribution in [0.1, 0.15) is 52.9 Å². The molecule has 1 fully saturated rings. The van der Waals surface area contributed by atoms with Crippen molar-refractivity contribution in [2.45, 2.75) is 64.5 Å². The van der Waals surface area contributed by atoms with E-state index in [2.05, 4.69) is 0 Å². The van der Waals surface area contributed by atoms with E-state index in [0.29, 0.717) is 0 Å². The van der Waals surface area contributed by atoms with E-state index in [1.165, 1.54) is 11.3 Å². The molecule has 1 amide bonds. The standard InChI is InChI=1S/C12H23NO3/c1-12(2,3)16-11(15)13(9-14)10-7-5-4-6-8-10/h10,14H,4-9H2,1-3H3. The summed E-state index contributed by atoms with van der Waals surface area (Å²) in [6.45, 7) is 5.25. The van der Waals surface area contributed by atoms with Gasteiger partial charge in [-0.2, -0.15) is 0 Å². The predicted octanol–water partition coefficient (Wildman–Crippen LogP) is 2.51. The van der Waals surface area contributed by atoms with Crippen LogP contribution in [0.5, 0.6) is 0 Å². The molecule has 1 aliphatic carbocycles. The average Bonchev–Trinajstić information content (AvgIpc) is 2.17. The molecule has 0 saturated heterocycles. The molecule has 0 atom stereocenters. The second-order valence-electron chi connectivity index (χ2n) is 5.38. The van der Waals surface area contributed by atoms with Crippen molar-refractivity contribution in [3.63, 3.8) is 0 Å². The lowest BCUT2D eigenvalue weighted by molar-refractivity contribution is -0.0118. The van der Waals surface area contributed by atoms with E-state index < -0.39 is 11.7 Å². The Morgan fingerprint density at radius 2 is 1.88 bits per heavy atom. The van der Waals surface area contributed by atoms with Crippen LogP contribution in [0.2, 0.25) is 0 Å². The Hall–Kier alpha value is -0.770. The Labute approximate surface area is 97.6 Å². The molecule has 0 unspecified atom stereocenters. The molecule has 0 radical (unpaired) electrons. The van der Waals surface area contributed by atoms with Gasteiger partial charge in [0.25, 0.3) is 0 Å². The summed E-state index contributed by atoms with van der Waals surface area (Å²) in [5.74, 6) is 0. The molecule has 1 rings (SSSR count). The fraction of sp³-hybridized carbons (Fsp3) is 0.917. The van der Waals surface area contributed by atoms with Crippen molar-refractivity contribution in [2.75, 3.05) is 6.73 Å². The first-order valence-corrected chi connectivity index (χ1v) is 6.04. The van der Waals surface area contributed by atoms with Gasteiger partial charge in [-0.05, 0) is 33.6 Å². The maximum atomic E-state index is 11.8. The largest absolute Gasteiger partial charge is 0.444 e. The number of nitrogens with zero attached hydrogens (tertiary/aromatic N) is 1. The summed E-state index contributed by atoms with van der Waals surface area (Å²) in [5.41, 5.74) is -0.501. The van der Waals surface area contributed by atoms with Crippen molar-refractivity contribution in [1.82, 2.24) is 4.90 Å². The van der Waals surface area contributed by atoms with E-state index >= 15 is 0 Å². The topological polar surface area (TPSA) is 49.8 Å². The number of carbonyl (C=O) groups excluding carboxylic acids is 1. The van der Waals surface area contributed by atoms with Gasteiger partial charge < -0.3 is 9.84 Å². The van der Waals surface area contributed by atoms with E-state index in [-0.39, 0.29) is 12.8 Å². The molecule has 0 aromatic heterocycles. The van der Waals surface area contributed by atoms with Crippen LogP contribution in [0.25, 0.3) is 0 Å². The van der Waals surface area contributed by atoms with Crippen LogP contribution < -0.4 is 0 Å². The third-order valence-electron chi connectivity index (χ3n) is 2.80. The Morgan fingerprint density at radius 3 is 2.31 bits per heavy atom. The molecule has 1 aliphatic rings. The van der Waals surface area contributed by atoms with Gasteiger partial charge in [-0.1, -0.05) is 19.3 Å². The van der Waals surface area contributed by atoms with Crippen LogP contribution in [0.15, 0.2) is 0 Å². The third kappa shape index (κ3) is 4.00. The summed E-state index contributed by atoms with van der Waals surface area (Å²) in [4.78, 5) is 13.3. The number of aliphatic hydroxyl groups excluding tert-OH is 1. The Bertz CT molecular complexity index is 229. The molecule has 1 N–H and O–H groups in total. The van der Waals surface area contributed by atoms with Crippen LogP contribution >= 0.6 is 0 Å². The highest BCUT2D eigenvalue weighted by Crippen LogP contribution is 2.23.